The fourth-order valence-corrected chi connectivity index (χ4v) is 2.45. The van der Waals surface area contributed by atoms with Crippen LogP contribution in [-0.2, 0) is 6.54 Å². The van der Waals surface area contributed by atoms with Crippen LogP contribution >= 0.6 is 12.2 Å². The van der Waals surface area contributed by atoms with Crippen LogP contribution in [-0.4, -0.2) is 14.5 Å². The van der Waals surface area contributed by atoms with E-state index < -0.39 is 0 Å². The summed E-state index contributed by atoms with van der Waals surface area (Å²) in [5.74, 6) is 1.15. The molecule has 104 valence electrons. The minimum absolute atomic E-state index is 0.247. The summed E-state index contributed by atoms with van der Waals surface area (Å²) in [6, 6.07) is 3.24. The van der Waals surface area contributed by atoms with Gasteiger partial charge in [-0.2, -0.15) is 0 Å². The van der Waals surface area contributed by atoms with Gasteiger partial charge in [-0.05, 0) is 50.7 Å². The van der Waals surface area contributed by atoms with Crippen LogP contribution in [0.2, 0.25) is 0 Å². The highest BCUT2D eigenvalue weighted by Crippen LogP contribution is 2.20. The molecule has 2 aromatic heterocycles. The van der Waals surface area contributed by atoms with Crippen molar-refractivity contribution in [3.8, 4) is 0 Å². The van der Waals surface area contributed by atoms with Gasteiger partial charge < -0.3 is 14.0 Å². The van der Waals surface area contributed by atoms with Crippen LogP contribution in [0.1, 0.15) is 22.9 Å². The standard InChI is InChI=1S/C14H14FN3OS/c1-7-4-12-11(5-10(7)15)17-14(20)18(12)6-13-16-8(2)9(3)19-13/h4-5H,6H2,1-3H3,(H,17,20). The molecule has 0 aliphatic rings. The number of benzene rings is 1. The van der Waals surface area contributed by atoms with Crippen molar-refractivity contribution in [3.63, 3.8) is 0 Å². The summed E-state index contributed by atoms with van der Waals surface area (Å²) in [5.41, 5.74) is 2.98. The van der Waals surface area contributed by atoms with Gasteiger partial charge in [-0.15, -0.1) is 0 Å². The van der Waals surface area contributed by atoms with Gasteiger partial charge in [0.05, 0.1) is 16.7 Å². The molecule has 4 nitrogen and oxygen atoms in total. The summed E-state index contributed by atoms with van der Waals surface area (Å²) in [7, 11) is 0. The number of H-pyrrole nitrogens is 1. The van der Waals surface area contributed by atoms with Gasteiger partial charge in [0.25, 0.3) is 0 Å². The first kappa shape index (κ1) is 13.1. The number of hydrogen-bond donors (Lipinski definition) is 1. The SMILES string of the molecule is Cc1cc2c(cc1F)[nH]c(=S)n2Cc1nc(C)c(C)o1. The average molecular weight is 291 g/mol. The van der Waals surface area contributed by atoms with E-state index in [0.717, 1.165) is 17.0 Å². The van der Waals surface area contributed by atoms with E-state index in [9.17, 15) is 4.39 Å². The monoisotopic (exact) mass is 291 g/mol. The van der Waals surface area contributed by atoms with E-state index in [2.05, 4.69) is 9.97 Å². The molecule has 6 heteroatoms. The maximum absolute atomic E-state index is 13.6. The molecule has 20 heavy (non-hydrogen) atoms. The second kappa shape index (κ2) is 4.56. The van der Waals surface area contributed by atoms with Crippen molar-refractivity contribution < 1.29 is 8.81 Å². The minimum atomic E-state index is -0.247. The van der Waals surface area contributed by atoms with E-state index >= 15 is 0 Å². The fraction of sp³-hybridized carbons (Fsp3) is 0.286. The second-order valence-electron chi connectivity index (χ2n) is 4.88. The Balaban J connectivity index is 2.13. The molecule has 1 aromatic carbocycles. The number of nitrogens with zero attached hydrogens (tertiary/aromatic N) is 2. The summed E-state index contributed by atoms with van der Waals surface area (Å²) >= 11 is 5.29. The first-order valence-electron chi connectivity index (χ1n) is 6.27. The van der Waals surface area contributed by atoms with E-state index in [1.165, 1.54) is 6.07 Å². The first-order valence-corrected chi connectivity index (χ1v) is 6.68. The van der Waals surface area contributed by atoms with Crippen molar-refractivity contribution in [1.29, 1.82) is 0 Å². The fourth-order valence-electron chi connectivity index (χ4n) is 2.18. The van der Waals surface area contributed by atoms with Crippen molar-refractivity contribution in [2.24, 2.45) is 0 Å². The van der Waals surface area contributed by atoms with Crippen molar-refractivity contribution in [2.75, 3.05) is 0 Å². The van der Waals surface area contributed by atoms with Crippen LogP contribution in [0.3, 0.4) is 0 Å². The molecule has 1 N–H and O–H groups in total. The van der Waals surface area contributed by atoms with Crippen molar-refractivity contribution in [2.45, 2.75) is 27.3 Å². The third-order valence-corrected chi connectivity index (χ3v) is 3.74. The molecule has 0 unspecified atom stereocenters. The molecular weight excluding hydrogens is 277 g/mol. The summed E-state index contributed by atoms with van der Waals surface area (Å²) < 4.78 is 21.5. The summed E-state index contributed by atoms with van der Waals surface area (Å²) in [5, 5.41) is 0. The molecule has 0 amide bonds. The van der Waals surface area contributed by atoms with Crippen LogP contribution in [0.5, 0.6) is 0 Å². The van der Waals surface area contributed by atoms with Gasteiger partial charge in [0.15, 0.2) is 4.77 Å². The molecule has 3 aromatic rings. The number of aromatic nitrogens is 3. The van der Waals surface area contributed by atoms with Gasteiger partial charge >= 0.3 is 0 Å². The lowest BCUT2D eigenvalue weighted by Gasteiger charge is -2.02. The maximum atomic E-state index is 13.6. The normalized spacial score (nSPS) is 11.4. The molecule has 0 fully saturated rings. The van der Waals surface area contributed by atoms with Crippen LogP contribution in [0.4, 0.5) is 4.39 Å². The Labute approximate surface area is 120 Å². The lowest BCUT2D eigenvalue weighted by atomic mass is 10.2. The number of aryl methyl sites for hydroxylation is 3. The average Bonchev–Trinajstić information content (AvgIpc) is 2.83. The number of imidazole rings is 1. The number of nitrogens with one attached hydrogen (secondary N) is 1. The summed E-state index contributed by atoms with van der Waals surface area (Å²) in [6.07, 6.45) is 0. The van der Waals surface area contributed by atoms with E-state index in [1.807, 2.05) is 18.4 Å². The van der Waals surface area contributed by atoms with Crippen LogP contribution in [0.25, 0.3) is 11.0 Å². The molecule has 0 aliphatic carbocycles. The third kappa shape index (κ3) is 2.06. The molecule has 0 saturated carbocycles. The molecule has 0 aliphatic heterocycles. The first-order chi connectivity index (χ1) is 9.45. The number of oxazole rings is 1. The highest BCUT2D eigenvalue weighted by atomic mass is 32.1. The van der Waals surface area contributed by atoms with E-state index in [0.29, 0.717) is 28.3 Å². The van der Waals surface area contributed by atoms with Crippen LogP contribution in [0.15, 0.2) is 16.5 Å². The topological polar surface area (TPSA) is 46.8 Å². The van der Waals surface area contributed by atoms with Crippen molar-refractivity contribution in [1.82, 2.24) is 14.5 Å². The number of hydrogen-bond acceptors (Lipinski definition) is 3. The molecule has 3 rings (SSSR count). The lowest BCUT2D eigenvalue weighted by Crippen LogP contribution is -2.00. The van der Waals surface area contributed by atoms with E-state index in [1.54, 1.807) is 13.0 Å². The van der Waals surface area contributed by atoms with Gasteiger partial charge in [0.1, 0.15) is 18.1 Å². The predicted molar refractivity (Wildman–Crippen MR) is 76.9 cm³/mol. The van der Waals surface area contributed by atoms with Gasteiger partial charge in [-0.1, -0.05) is 0 Å². The van der Waals surface area contributed by atoms with Gasteiger partial charge in [-0.25, -0.2) is 9.37 Å². The van der Waals surface area contributed by atoms with Gasteiger partial charge in [0.2, 0.25) is 5.89 Å². The Morgan fingerprint density at radius 2 is 2.10 bits per heavy atom. The lowest BCUT2D eigenvalue weighted by molar-refractivity contribution is 0.458. The Hall–Kier alpha value is -1.95. The zero-order valence-corrected chi connectivity index (χ0v) is 12.3. The molecule has 2 heterocycles. The van der Waals surface area contributed by atoms with Gasteiger partial charge in [-0.3, -0.25) is 0 Å². The summed E-state index contributed by atoms with van der Waals surface area (Å²) in [4.78, 5) is 7.36. The molecule has 0 atom stereocenters. The third-order valence-electron chi connectivity index (χ3n) is 3.42. The van der Waals surface area contributed by atoms with E-state index in [4.69, 9.17) is 16.6 Å². The van der Waals surface area contributed by atoms with Crippen molar-refractivity contribution >= 4 is 23.3 Å². The zero-order chi connectivity index (χ0) is 14.4. The van der Waals surface area contributed by atoms with Crippen LogP contribution in [0, 0.1) is 31.4 Å². The Kier molecular flexibility index (Phi) is 2.97. The highest BCUT2D eigenvalue weighted by Gasteiger charge is 2.12. The highest BCUT2D eigenvalue weighted by molar-refractivity contribution is 7.71. The number of fused-ring (bicyclic) bond motifs is 1. The molecule has 0 saturated heterocycles. The number of halogens is 1. The zero-order valence-electron chi connectivity index (χ0n) is 11.5. The Bertz CT molecular complexity index is 840. The predicted octanol–water partition coefficient (Wildman–Crippen LogP) is 3.80. The van der Waals surface area contributed by atoms with Crippen molar-refractivity contribution in [3.05, 3.63) is 45.6 Å². The van der Waals surface area contributed by atoms with Gasteiger partial charge in [0, 0.05) is 0 Å². The Morgan fingerprint density at radius 1 is 1.35 bits per heavy atom. The smallest absolute Gasteiger partial charge is 0.214 e. The molecule has 0 bridgehead atoms. The minimum Gasteiger partial charge on any atom is -0.444 e. The van der Waals surface area contributed by atoms with E-state index in [-0.39, 0.29) is 5.82 Å². The second-order valence-corrected chi connectivity index (χ2v) is 5.27. The Morgan fingerprint density at radius 3 is 2.75 bits per heavy atom. The molecule has 0 radical (unpaired) electrons. The summed E-state index contributed by atoms with van der Waals surface area (Å²) in [6.45, 7) is 5.93. The molecule has 0 spiro atoms. The largest absolute Gasteiger partial charge is 0.444 e. The molecular formula is C14H14FN3OS. The quantitative estimate of drug-likeness (QED) is 0.730. The number of aromatic amines is 1. The maximum Gasteiger partial charge on any atom is 0.214 e. The number of rotatable bonds is 2. The van der Waals surface area contributed by atoms with Crippen LogP contribution < -0.4 is 0 Å².